The summed E-state index contributed by atoms with van der Waals surface area (Å²) in [5.41, 5.74) is -0.346. The Labute approximate surface area is 108 Å². The van der Waals surface area contributed by atoms with Gasteiger partial charge >= 0.3 is 0 Å². The quantitative estimate of drug-likeness (QED) is 0.710. The van der Waals surface area contributed by atoms with Crippen LogP contribution in [-0.4, -0.2) is 49.9 Å². The Morgan fingerprint density at radius 2 is 1.94 bits per heavy atom. The predicted octanol–water partition coefficient (Wildman–Crippen LogP) is 0.857. The zero-order valence-corrected chi connectivity index (χ0v) is 11.4. The van der Waals surface area contributed by atoms with Crippen molar-refractivity contribution >= 4 is 11.7 Å². The van der Waals surface area contributed by atoms with Crippen LogP contribution in [0.3, 0.4) is 0 Å². The number of azo groups is 1. The minimum absolute atomic E-state index is 0.311. The van der Waals surface area contributed by atoms with Gasteiger partial charge < -0.3 is 10.6 Å². The number of amidine groups is 2. The van der Waals surface area contributed by atoms with Gasteiger partial charge in [0.25, 0.3) is 0 Å². The average molecular weight is 250 g/mol. The summed E-state index contributed by atoms with van der Waals surface area (Å²) in [6, 6.07) is 0. The summed E-state index contributed by atoms with van der Waals surface area (Å²) in [6.45, 7) is 10.4. The van der Waals surface area contributed by atoms with Crippen LogP contribution >= 0.6 is 0 Å². The molecule has 2 aliphatic heterocycles. The second kappa shape index (κ2) is 5.46. The fraction of sp³-hybridized carbons (Fsp3) is 0.833. The molecular weight excluding hydrogens is 228 g/mol. The van der Waals surface area contributed by atoms with E-state index in [1.165, 1.54) is 0 Å². The summed E-state index contributed by atoms with van der Waals surface area (Å²) in [5, 5.41) is 15.2. The first kappa shape index (κ1) is 13.0. The van der Waals surface area contributed by atoms with E-state index in [0.717, 1.165) is 37.9 Å². The highest BCUT2D eigenvalue weighted by Gasteiger charge is 2.26. The molecule has 0 aromatic rings. The predicted molar refractivity (Wildman–Crippen MR) is 73.6 cm³/mol. The number of aliphatic imine (C=N–C) groups is 2. The minimum Gasteiger partial charge on any atom is -0.372 e. The molecular formula is C12H22N6. The fourth-order valence-electron chi connectivity index (χ4n) is 2.03. The third kappa shape index (κ3) is 3.05. The monoisotopic (exact) mass is 250 g/mol. The number of rotatable bonds is 5. The first-order chi connectivity index (χ1) is 8.59. The standard InChI is InChI=1S/C12H22N6/c1-9(10-13-4-5-14-10)8-17-18-12(2,3)11-15-6-7-16-11/h9H,4-8H2,1-3H3,(H,13,14)(H,15,16). The van der Waals surface area contributed by atoms with Gasteiger partial charge in [-0.15, -0.1) is 0 Å². The lowest BCUT2D eigenvalue weighted by Gasteiger charge is -2.18. The van der Waals surface area contributed by atoms with E-state index in [1.807, 2.05) is 13.8 Å². The Morgan fingerprint density at radius 1 is 1.22 bits per heavy atom. The van der Waals surface area contributed by atoms with Gasteiger partial charge in [-0.3, -0.25) is 9.98 Å². The minimum atomic E-state index is -0.346. The molecule has 0 aliphatic carbocycles. The molecule has 0 aromatic carbocycles. The largest absolute Gasteiger partial charge is 0.372 e. The Morgan fingerprint density at radius 3 is 2.56 bits per heavy atom. The highest BCUT2D eigenvalue weighted by Crippen LogP contribution is 2.14. The first-order valence-corrected chi connectivity index (χ1v) is 6.55. The van der Waals surface area contributed by atoms with Crippen molar-refractivity contribution in [2.24, 2.45) is 26.1 Å². The molecule has 0 radical (unpaired) electrons. The smallest absolute Gasteiger partial charge is 0.132 e. The van der Waals surface area contributed by atoms with E-state index in [-0.39, 0.29) is 5.54 Å². The van der Waals surface area contributed by atoms with Crippen LogP contribution in [0.4, 0.5) is 0 Å². The van der Waals surface area contributed by atoms with E-state index < -0.39 is 0 Å². The van der Waals surface area contributed by atoms with Crippen molar-refractivity contribution in [3.8, 4) is 0 Å². The molecule has 2 rings (SSSR count). The van der Waals surface area contributed by atoms with E-state index in [9.17, 15) is 0 Å². The van der Waals surface area contributed by atoms with Gasteiger partial charge in [0.2, 0.25) is 0 Å². The van der Waals surface area contributed by atoms with E-state index in [1.54, 1.807) is 0 Å². The van der Waals surface area contributed by atoms with Crippen LogP contribution in [0.2, 0.25) is 0 Å². The number of nitrogens with zero attached hydrogens (tertiary/aromatic N) is 4. The molecule has 2 heterocycles. The number of nitrogens with one attached hydrogen (secondary N) is 2. The van der Waals surface area contributed by atoms with Crippen molar-refractivity contribution < 1.29 is 0 Å². The van der Waals surface area contributed by atoms with Gasteiger partial charge in [0.05, 0.1) is 19.6 Å². The molecule has 1 unspecified atom stereocenters. The molecule has 0 spiro atoms. The van der Waals surface area contributed by atoms with Crippen molar-refractivity contribution in [2.75, 3.05) is 32.7 Å². The lowest BCUT2D eigenvalue weighted by atomic mass is 10.1. The topological polar surface area (TPSA) is 73.5 Å². The fourth-order valence-corrected chi connectivity index (χ4v) is 2.03. The molecule has 6 heteroatoms. The maximum atomic E-state index is 4.40. The van der Waals surface area contributed by atoms with Crippen LogP contribution in [0.25, 0.3) is 0 Å². The van der Waals surface area contributed by atoms with Crippen LogP contribution in [0.5, 0.6) is 0 Å². The van der Waals surface area contributed by atoms with E-state index in [2.05, 4.69) is 37.8 Å². The van der Waals surface area contributed by atoms with Gasteiger partial charge in [0.15, 0.2) is 0 Å². The lowest BCUT2D eigenvalue weighted by Crippen LogP contribution is -2.38. The van der Waals surface area contributed by atoms with Gasteiger partial charge in [0.1, 0.15) is 17.2 Å². The second-order valence-corrected chi connectivity index (χ2v) is 5.23. The molecule has 1 atom stereocenters. The van der Waals surface area contributed by atoms with Gasteiger partial charge in [-0.1, -0.05) is 6.92 Å². The zero-order valence-electron chi connectivity index (χ0n) is 11.4. The van der Waals surface area contributed by atoms with Crippen LogP contribution in [0.1, 0.15) is 20.8 Å². The van der Waals surface area contributed by atoms with Crippen LogP contribution in [-0.2, 0) is 0 Å². The maximum absolute atomic E-state index is 4.40. The third-order valence-electron chi connectivity index (χ3n) is 3.10. The zero-order chi connectivity index (χ0) is 13.0. The van der Waals surface area contributed by atoms with Gasteiger partial charge in [-0.2, -0.15) is 10.2 Å². The van der Waals surface area contributed by atoms with E-state index >= 15 is 0 Å². The van der Waals surface area contributed by atoms with Crippen molar-refractivity contribution in [1.29, 1.82) is 0 Å². The molecule has 0 saturated carbocycles. The van der Waals surface area contributed by atoms with Gasteiger partial charge in [-0.25, -0.2) is 0 Å². The maximum Gasteiger partial charge on any atom is 0.132 e. The SMILES string of the molecule is CC(CN=NC(C)(C)C1=NCCN1)C1=NCCN1. The van der Waals surface area contributed by atoms with Crippen molar-refractivity contribution in [2.45, 2.75) is 26.3 Å². The Balaban J connectivity index is 1.86. The molecule has 0 bridgehead atoms. The van der Waals surface area contributed by atoms with Crippen LogP contribution < -0.4 is 10.6 Å². The third-order valence-corrected chi connectivity index (χ3v) is 3.10. The Hall–Kier alpha value is -1.46. The van der Waals surface area contributed by atoms with Crippen LogP contribution in [0, 0.1) is 5.92 Å². The summed E-state index contributed by atoms with van der Waals surface area (Å²) in [6.07, 6.45) is 0. The van der Waals surface area contributed by atoms with Crippen molar-refractivity contribution in [1.82, 2.24) is 10.6 Å². The van der Waals surface area contributed by atoms with Gasteiger partial charge in [-0.05, 0) is 13.8 Å². The summed E-state index contributed by atoms with van der Waals surface area (Å²) in [7, 11) is 0. The summed E-state index contributed by atoms with van der Waals surface area (Å²) in [4.78, 5) is 8.79. The van der Waals surface area contributed by atoms with Crippen molar-refractivity contribution in [3.05, 3.63) is 0 Å². The molecule has 0 saturated heterocycles. The summed E-state index contributed by atoms with van der Waals surface area (Å²) >= 11 is 0. The van der Waals surface area contributed by atoms with Crippen molar-refractivity contribution in [3.63, 3.8) is 0 Å². The summed E-state index contributed by atoms with van der Waals surface area (Å²) in [5.74, 6) is 2.31. The van der Waals surface area contributed by atoms with E-state index in [4.69, 9.17) is 0 Å². The average Bonchev–Trinajstić information content (AvgIpc) is 3.02. The normalized spacial score (nSPS) is 21.5. The number of hydrogen-bond acceptors (Lipinski definition) is 6. The van der Waals surface area contributed by atoms with E-state index in [0.29, 0.717) is 12.5 Å². The second-order valence-electron chi connectivity index (χ2n) is 5.23. The first-order valence-electron chi connectivity index (χ1n) is 6.55. The Kier molecular flexibility index (Phi) is 3.93. The molecule has 2 aliphatic rings. The molecule has 2 N–H and O–H groups in total. The molecule has 0 aromatic heterocycles. The summed E-state index contributed by atoms with van der Waals surface area (Å²) < 4.78 is 0. The molecule has 0 fully saturated rings. The van der Waals surface area contributed by atoms with Crippen LogP contribution in [0.15, 0.2) is 20.2 Å². The Bertz CT molecular complexity index is 382. The highest BCUT2D eigenvalue weighted by molar-refractivity contribution is 5.92. The highest BCUT2D eigenvalue weighted by atomic mass is 15.2. The number of hydrogen-bond donors (Lipinski definition) is 2. The lowest BCUT2D eigenvalue weighted by molar-refractivity contribution is 0.603. The van der Waals surface area contributed by atoms with Gasteiger partial charge in [0, 0.05) is 19.0 Å². The molecule has 18 heavy (non-hydrogen) atoms. The molecule has 100 valence electrons. The molecule has 6 nitrogen and oxygen atoms in total. The molecule has 0 amide bonds.